The van der Waals surface area contributed by atoms with Crippen molar-refractivity contribution in [1.29, 1.82) is 0 Å². The first kappa shape index (κ1) is 29.3. The van der Waals surface area contributed by atoms with Crippen molar-refractivity contribution in [2.75, 3.05) is 0 Å². The molecule has 0 unspecified atom stereocenters. The lowest BCUT2D eigenvalue weighted by Gasteiger charge is -2.11. The van der Waals surface area contributed by atoms with Crippen LogP contribution in [0.25, 0.3) is 98.4 Å². The van der Waals surface area contributed by atoms with Crippen LogP contribution in [-0.2, 0) is 0 Å². The van der Waals surface area contributed by atoms with Crippen LogP contribution >= 0.6 is 11.3 Å². The highest BCUT2D eigenvalue weighted by atomic mass is 32.1. The van der Waals surface area contributed by atoms with Crippen molar-refractivity contribution in [3.63, 3.8) is 0 Å². The van der Waals surface area contributed by atoms with Crippen LogP contribution in [0.5, 0.6) is 0 Å². The van der Waals surface area contributed by atoms with Crippen LogP contribution in [-0.4, -0.2) is 24.9 Å². The van der Waals surface area contributed by atoms with Crippen LogP contribution in [0.2, 0.25) is 0 Å². The minimum Gasteiger partial charge on any atom is -0.256 e. The molecule has 0 aliphatic rings. The van der Waals surface area contributed by atoms with Crippen LogP contribution < -0.4 is 0 Å². The molecule has 10 aromatic rings. The number of benzene rings is 4. The lowest BCUT2D eigenvalue weighted by molar-refractivity contribution is 1.32. The summed E-state index contributed by atoms with van der Waals surface area (Å²) in [6.07, 6.45) is 3.70. The van der Waals surface area contributed by atoms with Crippen LogP contribution in [0, 0.1) is 0 Å². The largest absolute Gasteiger partial charge is 0.256 e. The molecule has 5 nitrogen and oxygen atoms in total. The summed E-state index contributed by atoms with van der Waals surface area (Å²) in [5.74, 6) is 0. The summed E-state index contributed by atoms with van der Waals surface area (Å²) in [4.78, 5) is 26.5. The summed E-state index contributed by atoms with van der Waals surface area (Å²) in [6, 6.07) is 52.1. The van der Waals surface area contributed by atoms with Crippen LogP contribution in [0.1, 0.15) is 0 Å². The summed E-state index contributed by atoms with van der Waals surface area (Å²) >= 11 is 1.75. The third-order valence-corrected chi connectivity index (χ3v) is 10.6. The SMILES string of the molecule is c1ccc(-c2ccc3ccc4ccc(-c5ccc6nc(-c7ccccc7)c7c(-c8ccccn8)c(-c8ccccn8)sc7c6c5)nc4c3n2)cc1. The standard InChI is InChI=1S/C45H27N5S/c1-3-11-28(12-4-1)34-22-19-30-17-18-31-20-23-35(49-43(31)42(30)48-34)32-21-24-36-33(27-32)44-40(41(50-36)29-13-5-2-6-14-29)39(37-15-7-9-25-46-37)45(51-44)38-16-8-10-26-47-38/h1-27H. The van der Waals surface area contributed by atoms with Crippen LogP contribution in [0.3, 0.4) is 0 Å². The average Bonchev–Trinajstić information content (AvgIpc) is 3.62. The highest BCUT2D eigenvalue weighted by Gasteiger charge is 2.24. The number of aromatic nitrogens is 5. The van der Waals surface area contributed by atoms with Gasteiger partial charge in [0.15, 0.2) is 0 Å². The molecule has 0 saturated heterocycles. The Labute approximate surface area is 297 Å². The molecule has 0 fully saturated rings. The van der Waals surface area contributed by atoms with E-state index in [9.17, 15) is 0 Å². The molecule has 0 bridgehead atoms. The van der Waals surface area contributed by atoms with Crippen molar-refractivity contribution in [2.24, 2.45) is 0 Å². The van der Waals surface area contributed by atoms with Crippen molar-refractivity contribution in [1.82, 2.24) is 24.9 Å². The number of fused-ring (bicyclic) bond motifs is 6. The normalized spacial score (nSPS) is 11.5. The Bertz CT molecular complexity index is 2890. The second-order valence-electron chi connectivity index (χ2n) is 12.5. The predicted octanol–water partition coefficient (Wildman–Crippen LogP) is 11.7. The van der Waals surface area contributed by atoms with Gasteiger partial charge in [-0.25, -0.2) is 15.0 Å². The van der Waals surface area contributed by atoms with Crippen LogP contribution in [0.15, 0.2) is 164 Å². The number of hydrogen-bond donors (Lipinski definition) is 0. The third-order valence-electron chi connectivity index (χ3n) is 9.37. The third kappa shape index (κ3) is 5.04. The molecule has 0 radical (unpaired) electrons. The molecular formula is C45H27N5S. The smallest absolute Gasteiger partial charge is 0.0972 e. The van der Waals surface area contributed by atoms with Gasteiger partial charge in [-0.15, -0.1) is 11.3 Å². The molecule has 0 atom stereocenters. The highest BCUT2D eigenvalue weighted by molar-refractivity contribution is 7.24. The zero-order chi connectivity index (χ0) is 33.7. The molecule has 0 amide bonds. The van der Waals surface area contributed by atoms with E-state index in [4.69, 9.17) is 24.9 Å². The first-order chi connectivity index (χ1) is 25.3. The Morgan fingerprint density at radius 2 is 1.02 bits per heavy atom. The van der Waals surface area contributed by atoms with E-state index in [1.807, 2.05) is 60.9 Å². The van der Waals surface area contributed by atoms with Gasteiger partial charge in [-0.2, -0.15) is 0 Å². The van der Waals surface area contributed by atoms with Gasteiger partial charge < -0.3 is 0 Å². The van der Waals surface area contributed by atoms with E-state index in [2.05, 4.69) is 103 Å². The van der Waals surface area contributed by atoms with E-state index in [-0.39, 0.29) is 0 Å². The maximum Gasteiger partial charge on any atom is 0.0972 e. The van der Waals surface area contributed by atoms with Crippen molar-refractivity contribution >= 4 is 54.1 Å². The Morgan fingerprint density at radius 3 is 1.67 bits per heavy atom. The van der Waals surface area contributed by atoms with Gasteiger partial charge in [0, 0.05) is 60.9 Å². The molecule has 0 spiro atoms. The van der Waals surface area contributed by atoms with Gasteiger partial charge in [0.1, 0.15) is 0 Å². The number of hydrogen-bond acceptors (Lipinski definition) is 6. The maximum atomic E-state index is 5.36. The van der Waals surface area contributed by atoms with Gasteiger partial charge in [-0.1, -0.05) is 103 Å². The Balaban J connectivity index is 1.23. The predicted molar refractivity (Wildman–Crippen MR) is 210 cm³/mol. The fraction of sp³-hybridized carbons (Fsp3) is 0. The van der Waals surface area contributed by atoms with Crippen molar-refractivity contribution < 1.29 is 0 Å². The molecule has 238 valence electrons. The summed E-state index contributed by atoms with van der Waals surface area (Å²) in [5.41, 5.74) is 11.5. The lowest BCUT2D eigenvalue weighted by Crippen LogP contribution is -1.93. The van der Waals surface area contributed by atoms with E-state index >= 15 is 0 Å². The van der Waals surface area contributed by atoms with Gasteiger partial charge >= 0.3 is 0 Å². The first-order valence-corrected chi connectivity index (χ1v) is 17.6. The van der Waals surface area contributed by atoms with Crippen molar-refractivity contribution in [3.05, 3.63) is 164 Å². The van der Waals surface area contributed by atoms with E-state index in [0.29, 0.717) is 0 Å². The van der Waals surface area contributed by atoms with Gasteiger partial charge in [0.25, 0.3) is 0 Å². The minimum absolute atomic E-state index is 0.885. The van der Waals surface area contributed by atoms with Crippen LogP contribution in [0.4, 0.5) is 0 Å². The van der Waals surface area contributed by atoms with E-state index in [0.717, 1.165) is 98.4 Å². The quantitative estimate of drug-likeness (QED) is 0.171. The molecule has 6 heteroatoms. The second-order valence-corrected chi connectivity index (χ2v) is 13.5. The first-order valence-electron chi connectivity index (χ1n) is 16.8. The van der Waals surface area contributed by atoms with Gasteiger partial charge in [0.2, 0.25) is 0 Å². The summed E-state index contributed by atoms with van der Waals surface area (Å²) in [7, 11) is 0. The Morgan fingerprint density at radius 1 is 0.431 bits per heavy atom. The average molecular weight is 670 g/mol. The molecule has 0 aliphatic heterocycles. The molecule has 0 N–H and O–H groups in total. The zero-order valence-electron chi connectivity index (χ0n) is 27.2. The highest BCUT2D eigenvalue weighted by Crippen LogP contribution is 2.49. The monoisotopic (exact) mass is 669 g/mol. The van der Waals surface area contributed by atoms with Crippen molar-refractivity contribution in [3.8, 4) is 55.6 Å². The Kier molecular flexibility index (Phi) is 6.93. The maximum absolute atomic E-state index is 5.36. The lowest BCUT2D eigenvalue weighted by atomic mass is 9.97. The number of pyridine rings is 5. The molecule has 0 aliphatic carbocycles. The molecule has 51 heavy (non-hydrogen) atoms. The fourth-order valence-corrected chi connectivity index (χ4v) is 8.25. The number of nitrogens with zero attached hydrogens (tertiary/aromatic N) is 5. The number of thiophene rings is 1. The summed E-state index contributed by atoms with van der Waals surface area (Å²) in [6.45, 7) is 0. The molecule has 6 aromatic heterocycles. The summed E-state index contributed by atoms with van der Waals surface area (Å²) in [5, 5.41) is 4.26. The molecule has 10 rings (SSSR count). The number of rotatable bonds is 5. The molecule has 4 aromatic carbocycles. The topological polar surface area (TPSA) is 64.5 Å². The zero-order valence-corrected chi connectivity index (χ0v) is 28.0. The fourth-order valence-electron chi connectivity index (χ4n) is 6.93. The molecule has 6 heterocycles. The van der Waals surface area contributed by atoms with Crippen molar-refractivity contribution in [2.45, 2.75) is 0 Å². The molecule has 0 saturated carbocycles. The van der Waals surface area contributed by atoms with E-state index < -0.39 is 0 Å². The minimum atomic E-state index is 0.885. The summed E-state index contributed by atoms with van der Waals surface area (Å²) < 4.78 is 1.14. The Hall–Kier alpha value is -6.63. The van der Waals surface area contributed by atoms with Gasteiger partial charge in [-0.05, 0) is 48.5 Å². The van der Waals surface area contributed by atoms with E-state index in [1.165, 1.54) is 0 Å². The van der Waals surface area contributed by atoms with E-state index in [1.54, 1.807) is 11.3 Å². The van der Waals surface area contributed by atoms with Gasteiger partial charge in [-0.3, -0.25) is 9.97 Å². The molecular weight excluding hydrogens is 643 g/mol. The van der Waals surface area contributed by atoms with Gasteiger partial charge in [0.05, 0.1) is 49.9 Å². The second kappa shape index (κ2) is 12.1.